The number of hydrogen-bond acceptors (Lipinski definition) is 1. The van der Waals surface area contributed by atoms with Crippen molar-refractivity contribution in [2.24, 2.45) is 0 Å². The lowest BCUT2D eigenvalue weighted by molar-refractivity contribution is 0.464. The van der Waals surface area contributed by atoms with Crippen molar-refractivity contribution >= 4 is 6.98 Å². The Morgan fingerprint density at radius 3 is 2.50 bits per heavy atom. The first kappa shape index (κ1) is 9.03. The second kappa shape index (κ2) is 3.12. The second-order valence-corrected chi connectivity index (χ2v) is 2.38. The molecule has 0 radical (unpaired) electrons. The summed E-state index contributed by atoms with van der Waals surface area (Å²) in [6, 6.07) is 1.03. The summed E-state index contributed by atoms with van der Waals surface area (Å²) in [5.41, 5.74) is -0.350. The Bertz CT molecular complexity index is 272. The van der Waals surface area contributed by atoms with Crippen LogP contribution in [0.1, 0.15) is 5.56 Å². The van der Waals surface area contributed by atoms with E-state index in [9.17, 15) is 17.3 Å². The lowest BCUT2D eigenvalue weighted by Crippen LogP contribution is -2.20. The zero-order valence-electron chi connectivity index (χ0n) is 5.98. The standard InChI is InChI=1S/C6H5BF4N/c8-6-4-12-2-1-5(6)3-7(9,10)11/h1-2,4H,3H2/q-1. The average Bonchev–Trinajstić information content (AvgIpc) is 1.91. The molecule has 1 nitrogen and oxygen atoms in total. The normalized spacial score (nSPS) is 11.7. The van der Waals surface area contributed by atoms with Gasteiger partial charge in [-0.05, 0) is 11.6 Å². The number of nitrogens with zero attached hydrogens (tertiary/aromatic N) is 1. The van der Waals surface area contributed by atoms with Gasteiger partial charge in [0, 0.05) is 6.20 Å². The van der Waals surface area contributed by atoms with E-state index in [-0.39, 0.29) is 5.56 Å². The molecule has 0 saturated heterocycles. The fraction of sp³-hybridized carbons (Fsp3) is 0.167. The van der Waals surface area contributed by atoms with Crippen LogP contribution in [0.3, 0.4) is 0 Å². The first-order chi connectivity index (χ1) is 5.49. The Morgan fingerprint density at radius 1 is 1.33 bits per heavy atom. The molecule has 0 aliphatic heterocycles. The molecule has 1 aromatic rings. The van der Waals surface area contributed by atoms with E-state index in [0.29, 0.717) is 0 Å². The minimum atomic E-state index is -4.97. The third kappa shape index (κ3) is 2.52. The molecule has 1 heterocycles. The summed E-state index contributed by atoms with van der Waals surface area (Å²) in [7, 11) is 0. The van der Waals surface area contributed by atoms with E-state index >= 15 is 0 Å². The second-order valence-electron chi connectivity index (χ2n) is 2.38. The van der Waals surface area contributed by atoms with E-state index in [1.165, 1.54) is 0 Å². The molecule has 0 aliphatic rings. The summed E-state index contributed by atoms with van der Waals surface area (Å²) in [6.07, 6.45) is 0.728. The van der Waals surface area contributed by atoms with Crippen LogP contribution in [0.25, 0.3) is 0 Å². The van der Waals surface area contributed by atoms with Gasteiger partial charge in [-0.3, -0.25) is 4.98 Å². The quantitative estimate of drug-likeness (QED) is 0.499. The zero-order chi connectivity index (χ0) is 9.19. The SMILES string of the molecule is Fc1cnccc1C[B-](F)(F)F. The average molecular weight is 178 g/mol. The fourth-order valence-electron chi connectivity index (χ4n) is 0.819. The molecule has 0 bridgehead atoms. The predicted molar refractivity (Wildman–Crippen MR) is 37.0 cm³/mol. The smallest absolute Gasteiger partial charge is 0.449 e. The van der Waals surface area contributed by atoms with Crippen LogP contribution in [-0.4, -0.2) is 12.0 Å². The van der Waals surface area contributed by atoms with Gasteiger partial charge in [0.2, 0.25) is 0 Å². The number of hydrogen-bond donors (Lipinski definition) is 0. The molecule has 0 unspecified atom stereocenters. The van der Waals surface area contributed by atoms with Gasteiger partial charge < -0.3 is 12.9 Å². The maximum atomic E-state index is 12.6. The molecule has 0 N–H and O–H groups in total. The molecule has 1 rings (SSSR count). The van der Waals surface area contributed by atoms with Crippen molar-refractivity contribution in [3.63, 3.8) is 0 Å². The Labute approximate surface area is 66.5 Å². The van der Waals surface area contributed by atoms with Crippen molar-refractivity contribution in [1.29, 1.82) is 0 Å². The van der Waals surface area contributed by atoms with Gasteiger partial charge in [-0.15, -0.1) is 0 Å². The molecule has 0 atom stereocenters. The maximum absolute atomic E-state index is 12.6. The molecule has 1 aromatic heterocycles. The van der Waals surface area contributed by atoms with Crippen LogP contribution in [0.5, 0.6) is 0 Å². The first-order valence-corrected chi connectivity index (χ1v) is 3.28. The van der Waals surface area contributed by atoms with Crippen molar-refractivity contribution in [2.45, 2.75) is 6.32 Å². The van der Waals surface area contributed by atoms with Gasteiger partial charge in [0.15, 0.2) is 0 Å². The van der Waals surface area contributed by atoms with E-state index in [1.807, 2.05) is 0 Å². The van der Waals surface area contributed by atoms with Crippen molar-refractivity contribution in [3.05, 3.63) is 29.8 Å². The molecule has 66 valence electrons. The summed E-state index contributed by atoms with van der Waals surface area (Å²) in [5, 5.41) is 0. The van der Waals surface area contributed by atoms with Gasteiger partial charge in [0.05, 0.1) is 6.20 Å². The number of rotatable bonds is 2. The van der Waals surface area contributed by atoms with Gasteiger partial charge in [0.1, 0.15) is 5.82 Å². The van der Waals surface area contributed by atoms with E-state index in [2.05, 4.69) is 4.98 Å². The highest BCUT2D eigenvalue weighted by molar-refractivity contribution is 6.57. The molecule has 0 fully saturated rings. The van der Waals surface area contributed by atoms with Crippen LogP contribution in [0.4, 0.5) is 17.3 Å². The molecule has 0 saturated carbocycles. The van der Waals surface area contributed by atoms with Crippen LogP contribution in [-0.2, 0) is 6.32 Å². The fourth-order valence-corrected chi connectivity index (χ4v) is 0.819. The van der Waals surface area contributed by atoms with Crippen molar-refractivity contribution in [3.8, 4) is 0 Å². The van der Waals surface area contributed by atoms with E-state index in [0.717, 1.165) is 18.5 Å². The summed E-state index contributed by atoms with van der Waals surface area (Å²) in [6.45, 7) is -4.97. The monoisotopic (exact) mass is 178 g/mol. The summed E-state index contributed by atoms with van der Waals surface area (Å²) in [5.74, 6) is -0.906. The summed E-state index contributed by atoms with van der Waals surface area (Å²) in [4.78, 5) is 3.34. The van der Waals surface area contributed by atoms with E-state index < -0.39 is 19.1 Å². The molecular formula is C6H5BF4N-. The van der Waals surface area contributed by atoms with E-state index in [4.69, 9.17) is 0 Å². The minimum absolute atomic E-state index is 0.350. The van der Waals surface area contributed by atoms with Crippen molar-refractivity contribution in [2.75, 3.05) is 0 Å². The predicted octanol–water partition coefficient (Wildman–Crippen LogP) is 2.15. The van der Waals surface area contributed by atoms with Crippen LogP contribution in [0.15, 0.2) is 18.5 Å². The van der Waals surface area contributed by atoms with Gasteiger partial charge in [-0.1, -0.05) is 6.32 Å². The third-order valence-corrected chi connectivity index (χ3v) is 1.31. The Hall–Kier alpha value is -1.07. The Balaban J connectivity index is 2.83. The van der Waals surface area contributed by atoms with Gasteiger partial charge >= 0.3 is 6.98 Å². The molecular weight excluding hydrogens is 173 g/mol. The highest BCUT2D eigenvalue weighted by Crippen LogP contribution is 2.17. The molecule has 0 aromatic carbocycles. The van der Waals surface area contributed by atoms with Gasteiger partial charge in [-0.2, -0.15) is 0 Å². The lowest BCUT2D eigenvalue weighted by atomic mass is 9.82. The van der Waals surface area contributed by atoms with Crippen molar-refractivity contribution < 1.29 is 17.3 Å². The van der Waals surface area contributed by atoms with Crippen LogP contribution >= 0.6 is 0 Å². The van der Waals surface area contributed by atoms with Crippen molar-refractivity contribution in [1.82, 2.24) is 4.98 Å². The van der Waals surface area contributed by atoms with Crippen LogP contribution < -0.4 is 0 Å². The van der Waals surface area contributed by atoms with Crippen LogP contribution in [0.2, 0.25) is 0 Å². The highest BCUT2D eigenvalue weighted by atomic mass is 19.4. The Kier molecular flexibility index (Phi) is 2.35. The van der Waals surface area contributed by atoms with Gasteiger partial charge in [0.25, 0.3) is 0 Å². The third-order valence-electron chi connectivity index (χ3n) is 1.31. The highest BCUT2D eigenvalue weighted by Gasteiger charge is 2.24. The molecule has 0 amide bonds. The number of pyridine rings is 1. The molecule has 6 heteroatoms. The zero-order valence-corrected chi connectivity index (χ0v) is 5.98. The van der Waals surface area contributed by atoms with Crippen LogP contribution in [0, 0.1) is 5.82 Å². The molecule has 12 heavy (non-hydrogen) atoms. The lowest BCUT2D eigenvalue weighted by Gasteiger charge is -2.13. The van der Waals surface area contributed by atoms with Gasteiger partial charge in [-0.25, -0.2) is 4.39 Å². The maximum Gasteiger partial charge on any atom is 0.482 e. The number of aromatic nitrogens is 1. The topological polar surface area (TPSA) is 12.9 Å². The summed E-state index contributed by atoms with van der Waals surface area (Å²) < 4.78 is 48.0. The molecule has 0 spiro atoms. The first-order valence-electron chi connectivity index (χ1n) is 3.28. The number of halogens is 4. The van der Waals surface area contributed by atoms with E-state index in [1.54, 1.807) is 0 Å². The minimum Gasteiger partial charge on any atom is -0.449 e. The Morgan fingerprint density at radius 2 is 2.00 bits per heavy atom. The largest absolute Gasteiger partial charge is 0.482 e. The molecule has 0 aliphatic carbocycles. The summed E-state index contributed by atoms with van der Waals surface area (Å²) >= 11 is 0.